The summed E-state index contributed by atoms with van der Waals surface area (Å²) in [5.41, 5.74) is 1.60. The third-order valence-corrected chi connectivity index (χ3v) is 3.76. The molecular weight excluding hydrogens is 336 g/mol. The van der Waals surface area contributed by atoms with Crippen molar-refractivity contribution in [2.24, 2.45) is 0 Å². The summed E-state index contributed by atoms with van der Waals surface area (Å²) in [4.78, 5) is 12.1. The van der Waals surface area contributed by atoms with Gasteiger partial charge in [0.05, 0.1) is 40.7 Å². The lowest BCUT2D eigenvalue weighted by molar-refractivity contribution is -0.119. The lowest BCUT2D eigenvalue weighted by Crippen LogP contribution is -2.29. The summed E-state index contributed by atoms with van der Waals surface area (Å²) in [6.07, 6.45) is 0. The van der Waals surface area contributed by atoms with Crippen molar-refractivity contribution in [1.29, 1.82) is 0 Å². The van der Waals surface area contributed by atoms with Gasteiger partial charge < -0.3 is 29.6 Å². The van der Waals surface area contributed by atoms with Crippen molar-refractivity contribution in [2.45, 2.75) is 6.54 Å². The van der Waals surface area contributed by atoms with Crippen LogP contribution in [0.5, 0.6) is 23.0 Å². The molecule has 0 atom stereocenters. The lowest BCUT2D eigenvalue weighted by Gasteiger charge is -2.15. The van der Waals surface area contributed by atoms with Gasteiger partial charge in [0.2, 0.25) is 11.7 Å². The highest BCUT2D eigenvalue weighted by Gasteiger charge is 2.13. The summed E-state index contributed by atoms with van der Waals surface area (Å²) in [5.74, 6) is 2.14. The maximum atomic E-state index is 12.1. The van der Waals surface area contributed by atoms with Gasteiger partial charge in [-0.2, -0.15) is 0 Å². The number of hydrogen-bond acceptors (Lipinski definition) is 6. The van der Waals surface area contributed by atoms with Crippen LogP contribution in [0.1, 0.15) is 5.56 Å². The Morgan fingerprint density at radius 3 is 2.08 bits per heavy atom. The molecule has 140 valence electrons. The minimum atomic E-state index is -0.148. The van der Waals surface area contributed by atoms with E-state index >= 15 is 0 Å². The van der Waals surface area contributed by atoms with E-state index in [9.17, 15) is 4.79 Å². The van der Waals surface area contributed by atoms with Gasteiger partial charge in [0.1, 0.15) is 5.75 Å². The molecular formula is C19H24N2O5. The van der Waals surface area contributed by atoms with Gasteiger partial charge in [-0.3, -0.25) is 4.79 Å². The summed E-state index contributed by atoms with van der Waals surface area (Å²) in [6.45, 7) is 0.466. The van der Waals surface area contributed by atoms with E-state index in [0.29, 0.717) is 29.5 Å². The Labute approximate surface area is 153 Å². The van der Waals surface area contributed by atoms with Crippen molar-refractivity contribution < 1.29 is 23.7 Å². The molecule has 26 heavy (non-hydrogen) atoms. The van der Waals surface area contributed by atoms with Crippen molar-refractivity contribution in [1.82, 2.24) is 5.32 Å². The fourth-order valence-electron chi connectivity index (χ4n) is 2.47. The number of anilines is 1. The molecule has 7 heteroatoms. The molecule has 0 heterocycles. The van der Waals surface area contributed by atoms with Gasteiger partial charge in [0, 0.05) is 6.54 Å². The topological polar surface area (TPSA) is 78.1 Å². The standard InChI is InChI=1S/C19H24N2O5/c1-23-15-8-6-5-7-14(15)20-12-18(22)21-11-13-9-16(24-2)19(26-4)17(10-13)25-3/h5-10,20H,11-12H2,1-4H3,(H,21,22). The number of hydrogen-bond donors (Lipinski definition) is 2. The van der Waals surface area contributed by atoms with E-state index < -0.39 is 0 Å². The second-order valence-electron chi connectivity index (χ2n) is 5.36. The number of para-hydroxylation sites is 2. The first kappa shape index (κ1) is 19.2. The van der Waals surface area contributed by atoms with E-state index in [4.69, 9.17) is 18.9 Å². The minimum Gasteiger partial charge on any atom is -0.495 e. The zero-order valence-electron chi connectivity index (χ0n) is 15.4. The van der Waals surface area contributed by atoms with Crippen LogP contribution < -0.4 is 29.6 Å². The molecule has 0 saturated carbocycles. The third kappa shape index (κ3) is 4.72. The van der Waals surface area contributed by atoms with Crippen LogP contribution in [0.4, 0.5) is 5.69 Å². The maximum Gasteiger partial charge on any atom is 0.239 e. The SMILES string of the molecule is COc1ccccc1NCC(=O)NCc1cc(OC)c(OC)c(OC)c1. The average molecular weight is 360 g/mol. The molecule has 0 spiro atoms. The molecule has 0 aliphatic heterocycles. The predicted octanol–water partition coefficient (Wildman–Crippen LogP) is 2.45. The Morgan fingerprint density at radius 2 is 1.50 bits per heavy atom. The van der Waals surface area contributed by atoms with Crippen LogP contribution in [0.15, 0.2) is 36.4 Å². The molecule has 0 bridgehead atoms. The summed E-state index contributed by atoms with van der Waals surface area (Å²) < 4.78 is 21.2. The Kier molecular flexibility index (Phi) is 6.96. The fourth-order valence-corrected chi connectivity index (χ4v) is 2.47. The second-order valence-corrected chi connectivity index (χ2v) is 5.36. The highest BCUT2D eigenvalue weighted by atomic mass is 16.5. The Balaban J connectivity index is 1.96. The molecule has 2 aromatic rings. The third-order valence-electron chi connectivity index (χ3n) is 3.76. The van der Waals surface area contributed by atoms with Crippen molar-refractivity contribution in [3.63, 3.8) is 0 Å². The number of carbonyl (C=O) groups excluding carboxylic acids is 1. The summed E-state index contributed by atoms with van der Waals surface area (Å²) in [5, 5.41) is 5.91. The van der Waals surface area contributed by atoms with E-state index in [1.165, 1.54) is 0 Å². The molecule has 0 fully saturated rings. The quantitative estimate of drug-likeness (QED) is 0.715. The predicted molar refractivity (Wildman–Crippen MR) is 99.4 cm³/mol. The van der Waals surface area contributed by atoms with Crippen LogP contribution in [-0.4, -0.2) is 40.9 Å². The van der Waals surface area contributed by atoms with E-state index in [-0.39, 0.29) is 12.5 Å². The minimum absolute atomic E-state index is 0.130. The zero-order chi connectivity index (χ0) is 18.9. The highest BCUT2D eigenvalue weighted by molar-refractivity contribution is 5.81. The largest absolute Gasteiger partial charge is 0.495 e. The number of rotatable bonds is 9. The molecule has 1 amide bonds. The van der Waals surface area contributed by atoms with Crippen molar-refractivity contribution in [2.75, 3.05) is 40.3 Å². The first-order chi connectivity index (χ1) is 12.6. The molecule has 2 aromatic carbocycles. The van der Waals surface area contributed by atoms with Crippen LogP contribution in [-0.2, 0) is 11.3 Å². The molecule has 2 N–H and O–H groups in total. The summed E-state index contributed by atoms with van der Waals surface area (Å²) in [7, 11) is 6.24. The van der Waals surface area contributed by atoms with Crippen molar-refractivity contribution in [3.8, 4) is 23.0 Å². The first-order valence-electron chi connectivity index (χ1n) is 8.05. The summed E-state index contributed by atoms with van der Waals surface area (Å²) >= 11 is 0. The Bertz CT molecular complexity index is 723. The van der Waals surface area contributed by atoms with E-state index in [2.05, 4.69) is 10.6 Å². The van der Waals surface area contributed by atoms with Crippen LogP contribution in [0, 0.1) is 0 Å². The molecule has 0 radical (unpaired) electrons. The van der Waals surface area contributed by atoms with Crippen LogP contribution in [0.25, 0.3) is 0 Å². The summed E-state index contributed by atoms with van der Waals surface area (Å²) in [6, 6.07) is 11.0. The van der Waals surface area contributed by atoms with Crippen molar-refractivity contribution >= 4 is 11.6 Å². The van der Waals surface area contributed by atoms with Gasteiger partial charge in [-0.25, -0.2) is 0 Å². The number of benzene rings is 2. The molecule has 0 saturated heterocycles. The molecule has 0 unspecified atom stereocenters. The van der Waals surface area contributed by atoms with Gasteiger partial charge in [-0.1, -0.05) is 12.1 Å². The van der Waals surface area contributed by atoms with Gasteiger partial charge in [-0.15, -0.1) is 0 Å². The Hall–Kier alpha value is -3.09. The lowest BCUT2D eigenvalue weighted by atomic mass is 10.1. The Morgan fingerprint density at radius 1 is 0.885 bits per heavy atom. The van der Waals surface area contributed by atoms with Gasteiger partial charge in [0.15, 0.2) is 11.5 Å². The second kappa shape index (κ2) is 9.41. The maximum absolute atomic E-state index is 12.1. The average Bonchev–Trinajstić information content (AvgIpc) is 2.69. The van der Waals surface area contributed by atoms with E-state index in [1.807, 2.05) is 24.3 Å². The number of amides is 1. The molecule has 2 rings (SSSR count). The van der Waals surface area contributed by atoms with E-state index in [0.717, 1.165) is 11.3 Å². The number of nitrogens with one attached hydrogen (secondary N) is 2. The van der Waals surface area contributed by atoms with Crippen LogP contribution in [0.2, 0.25) is 0 Å². The van der Waals surface area contributed by atoms with Gasteiger partial charge in [0.25, 0.3) is 0 Å². The van der Waals surface area contributed by atoms with Crippen LogP contribution >= 0.6 is 0 Å². The first-order valence-corrected chi connectivity index (χ1v) is 8.05. The molecule has 0 aromatic heterocycles. The number of methoxy groups -OCH3 is 4. The van der Waals surface area contributed by atoms with Crippen molar-refractivity contribution in [3.05, 3.63) is 42.0 Å². The number of ether oxygens (including phenoxy) is 4. The molecule has 7 nitrogen and oxygen atoms in total. The smallest absolute Gasteiger partial charge is 0.239 e. The fraction of sp³-hybridized carbons (Fsp3) is 0.316. The van der Waals surface area contributed by atoms with Crippen LogP contribution in [0.3, 0.4) is 0 Å². The van der Waals surface area contributed by atoms with Gasteiger partial charge in [-0.05, 0) is 29.8 Å². The monoisotopic (exact) mass is 360 g/mol. The normalized spacial score (nSPS) is 10.0. The van der Waals surface area contributed by atoms with Gasteiger partial charge >= 0.3 is 0 Å². The molecule has 0 aliphatic rings. The number of carbonyl (C=O) groups is 1. The zero-order valence-corrected chi connectivity index (χ0v) is 15.4. The van der Waals surface area contributed by atoms with E-state index in [1.54, 1.807) is 40.6 Å². The molecule has 0 aliphatic carbocycles. The highest BCUT2D eigenvalue weighted by Crippen LogP contribution is 2.38.